The molecule has 6 heteroatoms. The zero-order valence-corrected chi connectivity index (χ0v) is 15.3. The number of benzene rings is 1. The third-order valence-corrected chi connectivity index (χ3v) is 4.74. The van der Waals surface area contributed by atoms with Crippen molar-refractivity contribution >= 4 is 39.0 Å². The molecule has 0 aliphatic rings. The summed E-state index contributed by atoms with van der Waals surface area (Å²) in [5.74, 6) is 0. The molecule has 0 saturated carbocycles. The van der Waals surface area contributed by atoms with Crippen molar-refractivity contribution in [3.63, 3.8) is 0 Å². The largest absolute Gasteiger partial charge is 0.336 e. The van der Waals surface area contributed by atoms with Gasteiger partial charge in [-0.15, -0.1) is 0 Å². The van der Waals surface area contributed by atoms with Gasteiger partial charge in [-0.05, 0) is 77.0 Å². The van der Waals surface area contributed by atoms with E-state index < -0.39 is 0 Å². The lowest BCUT2D eigenvalue weighted by Crippen LogP contribution is -2.36. The smallest absolute Gasteiger partial charge is 0.319 e. The summed E-state index contributed by atoms with van der Waals surface area (Å²) in [4.78, 5) is 14.2. The third-order valence-electron chi connectivity index (χ3n) is 3.38. The summed E-state index contributed by atoms with van der Waals surface area (Å²) in [6.45, 7) is 2.57. The van der Waals surface area contributed by atoms with Crippen LogP contribution in [0.15, 0.2) is 39.5 Å². The van der Waals surface area contributed by atoms with Crippen LogP contribution in [-0.2, 0) is 0 Å². The highest BCUT2D eigenvalue weighted by Gasteiger charge is 2.15. The second-order valence-electron chi connectivity index (χ2n) is 5.35. The van der Waals surface area contributed by atoms with Gasteiger partial charge in [-0.25, -0.2) is 4.79 Å². The zero-order chi connectivity index (χ0) is 16.1. The molecule has 0 aliphatic heterocycles. The molecule has 4 nitrogen and oxygen atoms in total. The Morgan fingerprint density at radius 3 is 2.73 bits per heavy atom. The maximum absolute atomic E-state index is 12.1. The van der Waals surface area contributed by atoms with Crippen LogP contribution in [0.1, 0.15) is 17.2 Å². The molecule has 1 atom stereocenters. The number of hydrogen-bond acceptors (Lipinski definition) is 3. The maximum Gasteiger partial charge on any atom is 0.319 e. The summed E-state index contributed by atoms with van der Waals surface area (Å²) in [7, 11) is 4.02. The van der Waals surface area contributed by atoms with Gasteiger partial charge in [-0.3, -0.25) is 0 Å². The van der Waals surface area contributed by atoms with Gasteiger partial charge in [0.05, 0.1) is 11.7 Å². The molecule has 0 radical (unpaired) electrons. The van der Waals surface area contributed by atoms with E-state index in [1.54, 1.807) is 11.3 Å². The number of halogens is 1. The maximum atomic E-state index is 12.1. The molecule has 2 N–H and O–H groups in total. The second kappa shape index (κ2) is 7.76. The van der Waals surface area contributed by atoms with Crippen LogP contribution in [0.4, 0.5) is 10.5 Å². The average Bonchev–Trinajstić information content (AvgIpc) is 2.96. The topological polar surface area (TPSA) is 44.4 Å². The Hall–Kier alpha value is -1.37. The van der Waals surface area contributed by atoms with Crippen molar-refractivity contribution in [1.82, 2.24) is 10.2 Å². The van der Waals surface area contributed by atoms with E-state index in [9.17, 15) is 4.79 Å². The number of rotatable bonds is 5. The number of nitrogens with one attached hydrogen (secondary N) is 2. The highest BCUT2D eigenvalue weighted by Crippen LogP contribution is 2.23. The molecule has 1 aromatic heterocycles. The number of anilines is 1. The predicted molar refractivity (Wildman–Crippen MR) is 96.6 cm³/mol. The molecule has 22 heavy (non-hydrogen) atoms. The van der Waals surface area contributed by atoms with Gasteiger partial charge in [0.15, 0.2) is 0 Å². The Morgan fingerprint density at radius 2 is 2.14 bits per heavy atom. The number of likely N-dealkylation sites (N-methyl/N-ethyl adjacent to an activating group) is 1. The molecule has 1 aromatic carbocycles. The predicted octanol–water partition coefficient (Wildman–Crippen LogP) is 4.24. The Morgan fingerprint density at radius 1 is 1.36 bits per heavy atom. The molecule has 2 aromatic rings. The number of thiophene rings is 1. The fourth-order valence-corrected chi connectivity index (χ4v) is 3.44. The van der Waals surface area contributed by atoms with E-state index in [4.69, 9.17) is 0 Å². The highest BCUT2D eigenvalue weighted by atomic mass is 79.9. The van der Waals surface area contributed by atoms with Gasteiger partial charge in [0.2, 0.25) is 0 Å². The molecule has 0 bridgehead atoms. The minimum atomic E-state index is -0.202. The number of amides is 2. The van der Waals surface area contributed by atoms with Crippen LogP contribution in [0.2, 0.25) is 0 Å². The van der Waals surface area contributed by atoms with Gasteiger partial charge in [-0.1, -0.05) is 6.07 Å². The molecule has 0 fully saturated rings. The summed E-state index contributed by atoms with van der Waals surface area (Å²) in [6.07, 6.45) is 0. The monoisotopic (exact) mass is 381 g/mol. The van der Waals surface area contributed by atoms with Crippen LogP contribution in [-0.4, -0.2) is 31.6 Å². The van der Waals surface area contributed by atoms with Gasteiger partial charge < -0.3 is 15.5 Å². The van der Waals surface area contributed by atoms with Crippen molar-refractivity contribution in [2.24, 2.45) is 0 Å². The summed E-state index contributed by atoms with van der Waals surface area (Å²) < 4.78 is 0.879. The Labute approximate surface area is 143 Å². The summed E-state index contributed by atoms with van der Waals surface area (Å²) in [6, 6.07) is 7.88. The van der Waals surface area contributed by atoms with Gasteiger partial charge in [0, 0.05) is 11.0 Å². The van der Waals surface area contributed by atoms with E-state index in [1.807, 2.05) is 39.2 Å². The lowest BCUT2D eigenvalue weighted by atomic mass is 10.1. The average molecular weight is 382 g/mol. The van der Waals surface area contributed by atoms with Crippen molar-refractivity contribution < 1.29 is 4.79 Å². The number of carbonyl (C=O) groups excluding carboxylic acids is 1. The molecule has 0 saturated heterocycles. The Bertz CT molecular complexity index is 628. The van der Waals surface area contributed by atoms with Crippen molar-refractivity contribution in [2.75, 3.05) is 26.0 Å². The van der Waals surface area contributed by atoms with E-state index in [2.05, 4.69) is 48.3 Å². The highest BCUT2D eigenvalue weighted by molar-refractivity contribution is 9.10. The molecule has 2 rings (SSSR count). The lowest BCUT2D eigenvalue weighted by Gasteiger charge is -2.24. The standard InChI is InChI=1S/C16H20BrN3OS/c1-11-4-5-14(13(17)8-11)19-16(21)18-9-15(20(2)3)12-6-7-22-10-12/h4-8,10,15H,9H2,1-3H3,(H2,18,19,21). The fourth-order valence-electron chi connectivity index (χ4n) is 2.14. The molecule has 0 aliphatic carbocycles. The first-order valence-electron chi connectivity index (χ1n) is 6.97. The van der Waals surface area contributed by atoms with Crippen molar-refractivity contribution in [3.8, 4) is 0 Å². The van der Waals surface area contributed by atoms with E-state index >= 15 is 0 Å². The molecule has 118 valence electrons. The molecule has 2 amide bonds. The van der Waals surface area contributed by atoms with Gasteiger partial charge >= 0.3 is 6.03 Å². The summed E-state index contributed by atoms with van der Waals surface area (Å²) in [5, 5.41) is 9.96. The number of carbonyl (C=O) groups is 1. The van der Waals surface area contributed by atoms with Crippen LogP contribution in [0.3, 0.4) is 0 Å². The molecule has 1 heterocycles. The molecular weight excluding hydrogens is 362 g/mol. The van der Waals surface area contributed by atoms with Crippen molar-refractivity contribution in [2.45, 2.75) is 13.0 Å². The van der Waals surface area contributed by atoms with E-state index in [1.165, 1.54) is 5.56 Å². The molecule has 0 spiro atoms. The van der Waals surface area contributed by atoms with Crippen LogP contribution >= 0.6 is 27.3 Å². The SMILES string of the molecule is Cc1ccc(NC(=O)NCC(c2ccsc2)N(C)C)c(Br)c1. The molecule has 1 unspecified atom stereocenters. The summed E-state index contributed by atoms with van der Waals surface area (Å²) in [5.41, 5.74) is 3.12. The Balaban J connectivity index is 1.94. The van der Waals surface area contributed by atoms with E-state index in [0.29, 0.717) is 6.54 Å². The van der Waals surface area contributed by atoms with E-state index in [0.717, 1.165) is 15.7 Å². The first kappa shape index (κ1) is 17.0. The quantitative estimate of drug-likeness (QED) is 0.812. The number of hydrogen-bond donors (Lipinski definition) is 2. The Kier molecular flexibility index (Phi) is 5.99. The van der Waals surface area contributed by atoms with Crippen molar-refractivity contribution in [3.05, 3.63) is 50.6 Å². The second-order valence-corrected chi connectivity index (χ2v) is 6.99. The molecular formula is C16H20BrN3OS. The van der Waals surface area contributed by atoms with Crippen molar-refractivity contribution in [1.29, 1.82) is 0 Å². The third kappa shape index (κ3) is 4.56. The normalized spacial score (nSPS) is 12.2. The van der Waals surface area contributed by atoms with E-state index in [-0.39, 0.29) is 12.1 Å². The van der Waals surface area contributed by atoms with Gasteiger partial charge in [0.25, 0.3) is 0 Å². The number of nitrogens with zero attached hydrogens (tertiary/aromatic N) is 1. The van der Waals surface area contributed by atoms with Gasteiger partial charge in [0.1, 0.15) is 0 Å². The first-order chi connectivity index (χ1) is 10.5. The van der Waals surface area contributed by atoms with Gasteiger partial charge in [-0.2, -0.15) is 11.3 Å². The lowest BCUT2D eigenvalue weighted by molar-refractivity contribution is 0.243. The fraction of sp³-hybridized carbons (Fsp3) is 0.312. The van der Waals surface area contributed by atoms with Crippen LogP contribution in [0.25, 0.3) is 0 Å². The summed E-state index contributed by atoms with van der Waals surface area (Å²) >= 11 is 5.13. The van der Waals surface area contributed by atoms with Crippen LogP contribution in [0, 0.1) is 6.92 Å². The van der Waals surface area contributed by atoms with Crippen LogP contribution in [0.5, 0.6) is 0 Å². The number of aryl methyl sites for hydroxylation is 1. The number of urea groups is 1. The zero-order valence-electron chi connectivity index (χ0n) is 12.9. The minimum Gasteiger partial charge on any atom is -0.336 e. The first-order valence-corrected chi connectivity index (χ1v) is 8.70. The minimum absolute atomic E-state index is 0.165. The van der Waals surface area contributed by atoms with Crippen LogP contribution < -0.4 is 10.6 Å².